The lowest BCUT2D eigenvalue weighted by atomic mass is 9.98. The molecule has 2 aromatic carbocycles. The van der Waals surface area contributed by atoms with Gasteiger partial charge < -0.3 is 5.73 Å². The average molecular weight is 294 g/mol. The summed E-state index contributed by atoms with van der Waals surface area (Å²) in [6, 6.07) is 14.0. The van der Waals surface area contributed by atoms with Crippen molar-refractivity contribution < 1.29 is 0 Å². The highest BCUT2D eigenvalue weighted by Crippen LogP contribution is 2.30. The zero-order valence-corrected chi connectivity index (χ0v) is 12.4. The van der Waals surface area contributed by atoms with E-state index in [-0.39, 0.29) is 6.04 Å². The first-order chi connectivity index (χ1) is 9.11. The van der Waals surface area contributed by atoms with E-state index in [1.54, 1.807) is 6.07 Å². The molecule has 1 nitrogen and oxygen atoms in total. The number of aryl methyl sites for hydroxylation is 1. The molecule has 3 heteroatoms. The Hall–Kier alpha value is -1.02. The summed E-state index contributed by atoms with van der Waals surface area (Å²) in [5.41, 5.74) is 9.66. The van der Waals surface area contributed by atoms with E-state index >= 15 is 0 Å². The molecule has 0 aliphatic carbocycles. The van der Waals surface area contributed by atoms with Gasteiger partial charge in [-0.15, -0.1) is 0 Å². The zero-order valence-electron chi connectivity index (χ0n) is 10.9. The van der Waals surface area contributed by atoms with E-state index in [0.29, 0.717) is 10.0 Å². The van der Waals surface area contributed by atoms with Crippen molar-refractivity contribution in [3.05, 3.63) is 69.2 Å². The molecule has 2 aromatic rings. The molecule has 2 N–H and O–H groups in total. The van der Waals surface area contributed by atoms with E-state index in [0.717, 1.165) is 18.4 Å². The minimum atomic E-state index is -0.140. The Bertz CT molecular complexity index is 549. The van der Waals surface area contributed by atoms with Crippen LogP contribution in [0.4, 0.5) is 0 Å². The normalized spacial score (nSPS) is 12.4. The summed E-state index contributed by atoms with van der Waals surface area (Å²) in [5, 5.41) is 1.11. The molecule has 0 saturated carbocycles. The number of nitrogens with two attached hydrogens (primary N) is 1. The van der Waals surface area contributed by atoms with Gasteiger partial charge in [0.25, 0.3) is 0 Å². The minimum absolute atomic E-state index is 0.140. The van der Waals surface area contributed by atoms with E-state index in [2.05, 4.69) is 31.2 Å². The van der Waals surface area contributed by atoms with E-state index in [4.69, 9.17) is 28.9 Å². The summed E-state index contributed by atoms with van der Waals surface area (Å²) in [6.45, 7) is 2.15. The van der Waals surface area contributed by atoms with Crippen LogP contribution in [0, 0.1) is 0 Å². The molecule has 1 atom stereocenters. The zero-order chi connectivity index (χ0) is 13.8. The molecule has 0 saturated heterocycles. The van der Waals surface area contributed by atoms with Gasteiger partial charge in [-0.2, -0.15) is 0 Å². The molecular formula is C16H17Cl2N. The van der Waals surface area contributed by atoms with E-state index in [1.165, 1.54) is 11.1 Å². The Kier molecular flexibility index (Phi) is 4.87. The lowest BCUT2D eigenvalue weighted by Gasteiger charge is -2.14. The third-order valence-electron chi connectivity index (χ3n) is 3.27. The highest BCUT2D eigenvalue weighted by atomic mass is 35.5. The maximum absolute atomic E-state index is 6.22. The van der Waals surface area contributed by atoms with Crippen molar-refractivity contribution >= 4 is 23.2 Å². The maximum atomic E-state index is 6.22. The summed E-state index contributed by atoms with van der Waals surface area (Å²) in [5.74, 6) is 0. The monoisotopic (exact) mass is 293 g/mol. The van der Waals surface area contributed by atoms with Crippen molar-refractivity contribution in [1.29, 1.82) is 0 Å². The van der Waals surface area contributed by atoms with Crippen molar-refractivity contribution in [2.75, 3.05) is 0 Å². The summed E-state index contributed by atoms with van der Waals surface area (Å²) in [7, 11) is 0. The SMILES string of the molecule is CCc1ccc(CC(N)c2cccc(Cl)c2Cl)cc1. The molecule has 0 spiro atoms. The van der Waals surface area contributed by atoms with Gasteiger partial charge in [0.15, 0.2) is 0 Å². The fourth-order valence-corrected chi connectivity index (χ4v) is 2.53. The molecule has 1 unspecified atom stereocenters. The second-order valence-corrected chi connectivity index (χ2v) is 5.41. The molecular weight excluding hydrogens is 277 g/mol. The Morgan fingerprint density at radius 1 is 1.00 bits per heavy atom. The smallest absolute Gasteiger partial charge is 0.0640 e. The van der Waals surface area contributed by atoms with Crippen LogP contribution in [-0.2, 0) is 12.8 Å². The standard InChI is InChI=1S/C16H17Cl2N/c1-2-11-6-8-12(9-7-11)10-15(19)13-4-3-5-14(17)16(13)18/h3-9,15H,2,10,19H2,1H3. The van der Waals surface area contributed by atoms with Crippen LogP contribution in [0.25, 0.3) is 0 Å². The van der Waals surface area contributed by atoms with Crippen LogP contribution in [0.3, 0.4) is 0 Å². The van der Waals surface area contributed by atoms with E-state index in [1.807, 2.05) is 12.1 Å². The Morgan fingerprint density at radius 3 is 2.26 bits per heavy atom. The molecule has 2 rings (SSSR count). The molecule has 0 aliphatic rings. The highest BCUT2D eigenvalue weighted by molar-refractivity contribution is 6.42. The van der Waals surface area contributed by atoms with Gasteiger partial charge in [-0.1, -0.05) is 66.5 Å². The summed E-state index contributed by atoms with van der Waals surface area (Å²) in [4.78, 5) is 0. The summed E-state index contributed by atoms with van der Waals surface area (Å²) in [6.07, 6.45) is 1.80. The Labute approximate surface area is 124 Å². The van der Waals surface area contributed by atoms with Gasteiger partial charge in [-0.3, -0.25) is 0 Å². The molecule has 0 aromatic heterocycles. The number of hydrogen-bond donors (Lipinski definition) is 1. The number of hydrogen-bond acceptors (Lipinski definition) is 1. The third kappa shape index (κ3) is 3.50. The van der Waals surface area contributed by atoms with Crippen molar-refractivity contribution in [3.63, 3.8) is 0 Å². The van der Waals surface area contributed by atoms with Crippen molar-refractivity contribution in [3.8, 4) is 0 Å². The van der Waals surface area contributed by atoms with Crippen molar-refractivity contribution in [1.82, 2.24) is 0 Å². The summed E-state index contributed by atoms with van der Waals surface area (Å²) < 4.78 is 0. The first-order valence-electron chi connectivity index (χ1n) is 6.39. The van der Waals surface area contributed by atoms with Gasteiger partial charge in [0.2, 0.25) is 0 Å². The second kappa shape index (κ2) is 6.42. The van der Waals surface area contributed by atoms with Gasteiger partial charge in [-0.25, -0.2) is 0 Å². The van der Waals surface area contributed by atoms with E-state index < -0.39 is 0 Å². The Balaban J connectivity index is 2.15. The fourth-order valence-electron chi connectivity index (χ4n) is 2.08. The molecule has 100 valence electrons. The predicted molar refractivity (Wildman–Crippen MR) is 82.9 cm³/mol. The van der Waals surface area contributed by atoms with Gasteiger partial charge in [-0.05, 0) is 35.6 Å². The maximum Gasteiger partial charge on any atom is 0.0640 e. The predicted octanol–water partition coefficient (Wildman–Crippen LogP) is 4.80. The van der Waals surface area contributed by atoms with Gasteiger partial charge in [0.05, 0.1) is 10.0 Å². The molecule has 0 amide bonds. The van der Waals surface area contributed by atoms with Gasteiger partial charge in [0.1, 0.15) is 0 Å². The van der Waals surface area contributed by atoms with Crippen LogP contribution >= 0.6 is 23.2 Å². The van der Waals surface area contributed by atoms with Crippen LogP contribution in [-0.4, -0.2) is 0 Å². The topological polar surface area (TPSA) is 26.0 Å². The average Bonchev–Trinajstić information content (AvgIpc) is 2.42. The highest BCUT2D eigenvalue weighted by Gasteiger charge is 2.12. The number of halogens is 2. The van der Waals surface area contributed by atoms with Crippen LogP contribution < -0.4 is 5.73 Å². The van der Waals surface area contributed by atoms with E-state index in [9.17, 15) is 0 Å². The Morgan fingerprint density at radius 2 is 1.63 bits per heavy atom. The number of rotatable bonds is 4. The van der Waals surface area contributed by atoms with Gasteiger partial charge >= 0.3 is 0 Å². The van der Waals surface area contributed by atoms with Crippen molar-refractivity contribution in [2.45, 2.75) is 25.8 Å². The van der Waals surface area contributed by atoms with Crippen LogP contribution in [0.5, 0.6) is 0 Å². The lowest BCUT2D eigenvalue weighted by Crippen LogP contribution is -2.14. The van der Waals surface area contributed by atoms with Crippen LogP contribution in [0.1, 0.15) is 29.7 Å². The van der Waals surface area contributed by atoms with Crippen molar-refractivity contribution in [2.24, 2.45) is 5.73 Å². The first kappa shape index (κ1) is 14.4. The van der Waals surface area contributed by atoms with Crippen LogP contribution in [0.15, 0.2) is 42.5 Å². The first-order valence-corrected chi connectivity index (χ1v) is 7.14. The lowest BCUT2D eigenvalue weighted by molar-refractivity contribution is 0.722. The fraction of sp³-hybridized carbons (Fsp3) is 0.250. The molecule has 0 bridgehead atoms. The minimum Gasteiger partial charge on any atom is -0.324 e. The molecule has 0 radical (unpaired) electrons. The summed E-state index contributed by atoms with van der Waals surface area (Å²) >= 11 is 12.2. The molecule has 0 fully saturated rings. The quantitative estimate of drug-likeness (QED) is 0.861. The largest absolute Gasteiger partial charge is 0.324 e. The molecule has 0 heterocycles. The van der Waals surface area contributed by atoms with Crippen LogP contribution in [0.2, 0.25) is 10.0 Å². The molecule has 0 aliphatic heterocycles. The number of benzene rings is 2. The third-order valence-corrected chi connectivity index (χ3v) is 4.10. The molecule has 19 heavy (non-hydrogen) atoms. The van der Waals surface area contributed by atoms with Gasteiger partial charge in [0, 0.05) is 6.04 Å². The second-order valence-electron chi connectivity index (χ2n) is 4.62.